The van der Waals surface area contributed by atoms with E-state index in [-0.39, 0.29) is 11.6 Å². The lowest BCUT2D eigenvalue weighted by Gasteiger charge is -2.47. The third kappa shape index (κ3) is 3.34. The van der Waals surface area contributed by atoms with Crippen LogP contribution in [0.25, 0.3) is 0 Å². The first-order valence-corrected chi connectivity index (χ1v) is 7.44. The molecule has 0 aliphatic carbocycles. The van der Waals surface area contributed by atoms with Crippen LogP contribution < -0.4 is 5.73 Å². The number of hydrogen-bond donors (Lipinski definition) is 1. The zero-order chi connectivity index (χ0) is 15.3. The third-order valence-electron chi connectivity index (χ3n) is 4.46. The number of ether oxygens (including phenoxy) is 1. The zero-order valence-corrected chi connectivity index (χ0v) is 13.9. The SMILES string of the molecule is COCC(CN)(C(C)C)N(C)C(C)c1ccccc1Cl. The molecule has 2 unspecified atom stereocenters. The maximum Gasteiger partial charge on any atom is 0.0661 e. The van der Waals surface area contributed by atoms with Crippen molar-refractivity contribution < 1.29 is 4.74 Å². The molecule has 0 saturated carbocycles. The van der Waals surface area contributed by atoms with Crippen LogP contribution in [0.5, 0.6) is 0 Å². The van der Waals surface area contributed by atoms with Gasteiger partial charge in [-0.2, -0.15) is 0 Å². The Hall–Kier alpha value is -0.610. The van der Waals surface area contributed by atoms with Gasteiger partial charge in [-0.25, -0.2) is 0 Å². The molecule has 4 heteroatoms. The Morgan fingerprint density at radius 1 is 1.30 bits per heavy atom. The average molecular weight is 299 g/mol. The Bertz CT molecular complexity index is 425. The van der Waals surface area contributed by atoms with Gasteiger partial charge in [-0.05, 0) is 31.5 Å². The molecule has 1 rings (SSSR count). The zero-order valence-electron chi connectivity index (χ0n) is 13.2. The van der Waals surface area contributed by atoms with Crippen LogP contribution in [-0.4, -0.2) is 37.7 Å². The summed E-state index contributed by atoms with van der Waals surface area (Å²) in [6.07, 6.45) is 0. The third-order valence-corrected chi connectivity index (χ3v) is 4.81. The van der Waals surface area contributed by atoms with Gasteiger partial charge in [-0.15, -0.1) is 0 Å². The Morgan fingerprint density at radius 2 is 1.90 bits per heavy atom. The highest BCUT2D eigenvalue weighted by Gasteiger charge is 2.39. The van der Waals surface area contributed by atoms with Crippen LogP contribution in [0.15, 0.2) is 24.3 Å². The number of benzene rings is 1. The lowest BCUT2D eigenvalue weighted by molar-refractivity contribution is -0.0214. The van der Waals surface area contributed by atoms with Crippen molar-refractivity contribution in [2.45, 2.75) is 32.4 Å². The van der Waals surface area contributed by atoms with Crippen molar-refractivity contribution in [3.05, 3.63) is 34.9 Å². The number of likely N-dealkylation sites (N-methyl/N-ethyl adjacent to an activating group) is 1. The Labute approximate surface area is 128 Å². The summed E-state index contributed by atoms with van der Waals surface area (Å²) in [5.41, 5.74) is 7.01. The molecule has 20 heavy (non-hydrogen) atoms. The summed E-state index contributed by atoms with van der Waals surface area (Å²) in [7, 11) is 3.82. The summed E-state index contributed by atoms with van der Waals surface area (Å²) in [4.78, 5) is 2.29. The molecular formula is C16H27ClN2O. The van der Waals surface area contributed by atoms with E-state index in [9.17, 15) is 0 Å². The number of nitrogens with zero attached hydrogens (tertiary/aromatic N) is 1. The summed E-state index contributed by atoms with van der Waals surface area (Å²) in [5, 5.41) is 0.791. The van der Waals surface area contributed by atoms with Crippen LogP contribution in [0, 0.1) is 5.92 Å². The van der Waals surface area contributed by atoms with Crippen molar-refractivity contribution in [2.24, 2.45) is 11.7 Å². The van der Waals surface area contributed by atoms with Crippen LogP contribution in [0.1, 0.15) is 32.4 Å². The quantitative estimate of drug-likeness (QED) is 0.839. The van der Waals surface area contributed by atoms with Gasteiger partial charge < -0.3 is 10.5 Å². The van der Waals surface area contributed by atoms with Gasteiger partial charge in [0.25, 0.3) is 0 Å². The highest BCUT2D eigenvalue weighted by atomic mass is 35.5. The molecule has 0 aromatic heterocycles. The predicted octanol–water partition coefficient (Wildman–Crippen LogP) is 3.33. The van der Waals surface area contributed by atoms with E-state index in [0.717, 1.165) is 10.6 Å². The molecular weight excluding hydrogens is 272 g/mol. The minimum absolute atomic E-state index is 0.171. The first-order chi connectivity index (χ1) is 9.40. The van der Waals surface area contributed by atoms with Gasteiger partial charge in [0.1, 0.15) is 0 Å². The molecule has 0 heterocycles. The van der Waals surface area contributed by atoms with Gasteiger partial charge >= 0.3 is 0 Å². The van der Waals surface area contributed by atoms with E-state index in [1.54, 1.807) is 7.11 Å². The van der Waals surface area contributed by atoms with Gasteiger partial charge in [0, 0.05) is 24.7 Å². The van der Waals surface area contributed by atoms with Crippen molar-refractivity contribution in [1.82, 2.24) is 4.90 Å². The number of halogens is 1. The summed E-state index contributed by atoms with van der Waals surface area (Å²) < 4.78 is 5.44. The predicted molar refractivity (Wildman–Crippen MR) is 86.1 cm³/mol. The van der Waals surface area contributed by atoms with Gasteiger partial charge in [0.2, 0.25) is 0 Å². The molecule has 0 fully saturated rings. The smallest absolute Gasteiger partial charge is 0.0661 e. The summed E-state index contributed by atoms with van der Waals surface area (Å²) >= 11 is 6.32. The molecule has 2 N–H and O–H groups in total. The summed E-state index contributed by atoms with van der Waals surface area (Å²) in [6.45, 7) is 7.67. The lowest BCUT2D eigenvalue weighted by Crippen LogP contribution is -2.59. The molecule has 114 valence electrons. The molecule has 1 aromatic rings. The second kappa shape index (κ2) is 7.41. The Morgan fingerprint density at radius 3 is 2.35 bits per heavy atom. The highest BCUT2D eigenvalue weighted by Crippen LogP contribution is 2.34. The standard InChI is InChI=1S/C16H27ClN2O/c1-12(2)16(10-18,11-20-5)19(4)13(3)14-8-6-7-9-15(14)17/h6-9,12-13H,10-11,18H2,1-5H3. The Kier molecular flexibility index (Phi) is 6.46. The fraction of sp³-hybridized carbons (Fsp3) is 0.625. The van der Waals surface area contributed by atoms with E-state index in [2.05, 4.69) is 38.8 Å². The molecule has 1 aromatic carbocycles. The molecule has 0 radical (unpaired) electrons. The molecule has 0 amide bonds. The monoisotopic (exact) mass is 298 g/mol. The first-order valence-electron chi connectivity index (χ1n) is 7.07. The van der Waals surface area contributed by atoms with Crippen LogP contribution in [0.3, 0.4) is 0 Å². The van der Waals surface area contributed by atoms with Gasteiger partial charge in [0.15, 0.2) is 0 Å². The Balaban J connectivity index is 3.12. The minimum atomic E-state index is -0.201. The molecule has 3 nitrogen and oxygen atoms in total. The van der Waals surface area contributed by atoms with E-state index in [0.29, 0.717) is 19.1 Å². The van der Waals surface area contributed by atoms with Gasteiger partial charge in [-0.1, -0.05) is 43.6 Å². The van der Waals surface area contributed by atoms with Crippen molar-refractivity contribution in [2.75, 3.05) is 27.3 Å². The number of rotatable bonds is 7. The van der Waals surface area contributed by atoms with Crippen molar-refractivity contribution in [1.29, 1.82) is 0 Å². The van der Waals surface area contributed by atoms with Gasteiger partial charge in [0.05, 0.1) is 12.1 Å². The molecule has 0 spiro atoms. The number of hydrogen-bond acceptors (Lipinski definition) is 3. The second-order valence-corrected chi connectivity index (χ2v) is 6.11. The normalized spacial score (nSPS) is 16.4. The highest BCUT2D eigenvalue weighted by molar-refractivity contribution is 6.31. The van der Waals surface area contributed by atoms with Crippen molar-refractivity contribution in [3.63, 3.8) is 0 Å². The maximum atomic E-state index is 6.32. The molecule has 2 atom stereocenters. The minimum Gasteiger partial charge on any atom is -0.383 e. The van der Waals surface area contributed by atoms with E-state index in [4.69, 9.17) is 22.1 Å². The number of nitrogens with two attached hydrogens (primary N) is 1. The van der Waals surface area contributed by atoms with Gasteiger partial charge in [-0.3, -0.25) is 4.90 Å². The molecule has 0 aliphatic heterocycles. The average Bonchev–Trinajstić information content (AvgIpc) is 2.43. The first kappa shape index (κ1) is 17.4. The topological polar surface area (TPSA) is 38.5 Å². The van der Waals surface area contributed by atoms with E-state index < -0.39 is 0 Å². The molecule has 0 saturated heterocycles. The fourth-order valence-electron chi connectivity index (χ4n) is 2.77. The van der Waals surface area contributed by atoms with Crippen LogP contribution in [-0.2, 0) is 4.74 Å². The van der Waals surface area contributed by atoms with Crippen LogP contribution in [0.2, 0.25) is 5.02 Å². The lowest BCUT2D eigenvalue weighted by atomic mass is 9.83. The summed E-state index contributed by atoms with van der Waals surface area (Å²) in [6, 6.07) is 8.13. The van der Waals surface area contributed by atoms with E-state index in [1.807, 2.05) is 18.2 Å². The van der Waals surface area contributed by atoms with E-state index >= 15 is 0 Å². The maximum absolute atomic E-state index is 6.32. The van der Waals surface area contributed by atoms with Crippen LogP contribution >= 0.6 is 11.6 Å². The second-order valence-electron chi connectivity index (χ2n) is 5.70. The van der Waals surface area contributed by atoms with Crippen molar-refractivity contribution in [3.8, 4) is 0 Å². The van der Waals surface area contributed by atoms with Crippen LogP contribution in [0.4, 0.5) is 0 Å². The van der Waals surface area contributed by atoms with E-state index in [1.165, 1.54) is 0 Å². The molecule has 0 bridgehead atoms. The van der Waals surface area contributed by atoms with Crippen molar-refractivity contribution >= 4 is 11.6 Å². The number of methoxy groups -OCH3 is 1. The molecule has 0 aliphatic rings. The summed E-state index contributed by atoms with van der Waals surface area (Å²) in [5.74, 6) is 0.377. The fourth-order valence-corrected chi connectivity index (χ4v) is 3.07. The largest absolute Gasteiger partial charge is 0.383 e.